The lowest BCUT2D eigenvalue weighted by atomic mass is 9.76. The van der Waals surface area contributed by atoms with Gasteiger partial charge in [0.05, 0.1) is 23.4 Å². The van der Waals surface area contributed by atoms with Crippen LogP contribution in [0.4, 0.5) is 17.2 Å². The Balaban J connectivity index is 1.08. The molecule has 3 aliphatic carbocycles. The summed E-state index contributed by atoms with van der Waals surface area (Å²) in [5.74, 6) is 4.54. The van der Waals surface area contributed by atoms with Crippen LogP contribution in [0.3, 0.4) is 0 Å². The van der Waals surface area contributed by atoms with Crippen molar-refractivity contribution in [2.24, 2.45) is 5.92 Å². The van der Waals surface area contributed by atoms with Crippen molar-refractivity contribution in [3.8, 4) is 17.3 Å². The molecule has 0 saturated heterocycles. The van der Waals surface area contributed by atoms with Crippen molar-refractivity contribution >= 4 is 39.0 Å². The second kappa shape index (κ2) is 9.58. The molecule has 0 atom stereocenters. The lowest BCUT2D eigenvalue weighted by Gasteiger charge is -2.46. The number of pyridine rings is 2. The number of para-hydroxylation sites is 1. The number of anilines is 3. The van der Waals surface area contributed by atoms with Gasteiger partial charge in [0.15, 0.2) is 5.82 Å². The monoisotopic (exact) mass is 591 g/mol. The molecule has 0 unspecified atom stereocenters. The molecule has 10 rings (SSSR count). The molecule has 0 radical (unpaired) electrons. The fourth-order valence-electron chi connectivity index (χ4n) is 8.06. The summed E-state index contributed by atoms with van der Waals surface area (Å²) < 4.78 is 8.87. The van der Waals surface area contributed by atoms with Crippen molar-refractivity contribution in [2.45, 2.75) is 57.4 Å². The molecule has 3 aromatic carbocycles. The molecule has 3 aromatic heterocycles. The predicted octanol–water partition coefficient (Wildman–Crippen LogP) is 9.52. The van der Waals surface area contributed by atoms with Gasteiger partial charge in [-0.25, -0.2) is 9.97 Å². The number of nitrogens with zero attached hydrogens (tertiary/aromatic N) is 5. The molecule has 3 fully saturated rings. The van der Waals surface area contributed by atoms with Crippen molar-refractivity contribution < 1.29 is 4.74 Å². The predicted molar refractivity (Wildman–Crippen MR) is 182 cm³/mol. The van der Waals surface area contributed by atoms with E-state index in [1.54, 1.807) is 0 Å². The van der Waals surface area contributed by atoms with Crippen molar-refractivity contribution in [1.82, 2.24) is 14.5 Å². The van der Waals surface area contributed by atoms with Crippen LogP contribution in [-0.4, -0.2) is 26.7 Å². The van der Waals surface area contributed by atoms with Crippen LogP contribution in [0.15, 0.2) is 103 Å². The van der Waals surface area contributed by atoms with E-state index in [2.05, 4.69) is 114 Å². The maximum absolute atomic E-state index is 6.60. The fourth-order valence-corrected chi connectivity index (χ4v) is 8.06. The molecule has 2 bridgehead atoms. The molecule has 1 aliphatic heterocycles. The van der Waals surface area contributed by atoms with Crippen LogP contribution in [-0.2, 0) is 5.41 Å². The SMILES string of the molecule is CC(C)(C)c1ccnc(-n2c3ccccc3c3ccc(Oc4cccc(N5CN(C67CCC(C6)C7)c6ncccc65)c4)cc32)c1. The van der Waals surface area contributed by atoms with Gasteiger partial charge >= 0.3 is 0 Å². The molecule has 6 heteroatoms. The van der Waals surface area contributed by atoms with E-state index in [1.807, 2.05) is 24.5 Å². The standard InChI is InChI=1S/C39H37N5O/c1-38(2,3)27-16-19-40-36(20-27)44-33-11-5-4-10-31(33)32-14-13-30(22-35(32)44)45-29-9-6-8-28(21-29)42-25-43(37-34(42)12-7-18-41-37)39-17-15-26(23-39)24-39/h4-14,16,18-22,26H,15,17,23-25H2,1-3H3. The zero-order valence-corrected chi connectivity index (χ0v) is 26.1. The minimum absolute atomic E-state index is 0.0236. The van der Waals surface area contributed by atoms with E-state index in [0.29, 0.717) is 0 Å². The first-order valence-corrected chi connectivity index (χ1v) is 16.1. The Kier molecular flexibility index (Phi) is 5.65. The van der Waals surface area contributed by atoms with E-state index in [-0.39, 0.29) is 11.0 Å². The Morgan fingerprint density at radius 2 is 1.62 bits per heavy atom. The fraction of sp³-hybridized carbons (Fsp3) is 0.282. The van der Waals surface area contributed by atoms with Gasteiger partial charge in [-0.05, 0) is 97.2 Å². The number of benzene rings is 3. The summed E-state index contributed by atoms with van der Waals surface area (Å²) in [6.45, 7) is 7.55. The number of ether oxygens (including phenoxy) is 1. The summed E-state index contributed by atoms with van der Waals surface area (Å²) in [5.41, 5.74) is 6.07. The van der Waals surface area contributed by atoms with E-state index < -0.39 is 0 Å². The van der Waals surface area contributed by atoms with Crippen molar-refractivity contribution in [2.75, 3.05) is 16.5 Å². The number of fused-ring (bicyclic) bond motifs is 5. The van der Waals surface area contributed by atoms with Crippen LogP contribution >= 0.6 is 0 Å². The first-order chi connectivity index (χ1) is 21.9. The number of hydrogen-bond acceptors (Lipinski definition) is 5. The topological polar surface area (TPSA) is 46.4 Å². The van der Waals surface area contributed by atoms with Gasteiger partial charge in [0.25, 0.3) is 0 Å². The Morgan fingerprint density at radius 1 is 0.778 bits per heavy atom. The Labute approximate surface area is 263 Å². The van der Waals surface area contributed by atoms with E-state index in [0.717, 1.165) is 52.4 Å². The highest BCUT2D eigenvalue weighted by molar-refractivity contribution is 6.09. The molecule has 224 valence electrons. The molecule has 4 aliphatic rings. The summed E-state index contributed by atoms with van der Waals surface area (Å²) in [5, 5.41) is 2.38. The highest BCUT2D eigenvalue weighted by Gasteiger charge is 2.56. The maximum Gasteiger partial charge on any atom is 0.154 e. The third-order valence-electron chi connectivity index (χ3n) is 10.4. The van der Waals surface area contributed by atoms with Crippen LogP contribution < -0.4 is 14.5 Å². The average molecular weight is 592 g/mol. The first-order valence-electron chi connectivity index (χ1n) is 16.1. The van der Waals surface area contributed by atoms with Gasteiger partial charge in [-0.1, -0.05) is 45.0 Å². The van der Waals surface area contributed by atoms with Gasteiger partial charge in [0.1, 0.15) is 17.3 Å². The second-order valence-electron chi connectivity index (χ2n) is 14.2. The van der Waals surface area contributed by atoms with E-state index in [9.17, 15) is 0 Å². The molecule has 4 heterocycles. The zero-order chi connectivity index (χ0) is 30.3. The highest BCUT2D eigenvalue weighted by Crippen LogP contribution is 2.59. The van der Waals surface area contributed by atoms with Gasteiger partial charge in [0, 0.05) is 46.5 Å². The smallest absolute Gasteiger partial charge is 0.154 e. The van der Waals surface area contributed by atoms with Gasteiger partial charge in [-0.2, -0.15) is 0 Å². The lowest BCUT2D eigenvalue weighted by Crippen LogP contribution is -2.53. The van der Waals surface area contributed by atoms with E-state index >= 15 is 0 Å². The average Bonchev–Trinajstić information content (AvgIpc) is 3.81. The van der Waals surface area contributed by atoms with E-state index in [4.69, 9.17) is 14.7 Å². The largest absolute Gasteiger partial charge is 0.457 e. The van der Waals surface area contributed by atoms with Crippen molar-refractivity contribution in [1.29, 1.82) is 0 Å². The third-order valence-corrected chi connectivity index (χ3v) is 10.4. The molecule has 0 spiro atoms. The molecule has 6 aromatic rings. The molecule has 0 N–H and O–H groups in total. The summed E-state index contributed by atoms with van der Waals surface area (Å²) >= 11 is 0. The van der Waals surface area contributed by atoms with Crippen LogP contribution in [0.5, 0.6) is 11.5 Å². The van der Waals surface area contributed by atoms with Crippen LogP contribution in [0, 0.1) is 5.92 Å². The van der Waals surface area contributed by atoms with Gasteiger partial charge < -0.3 is 14.5 Å². The van der Waals surface area contributed by atoms with Crippen LogP contribution in [0.2, 0.25) is 0 Å². The van der Waals surface area contributed by atoms with Crippen molar-refractivity contribution in [3.05, 3.63) is 109 Å². The summed E-state index contributed by atoms with van der Waals surface area (Å²) in [6, 6.07) is 32.0. The normalized spacial score (nSPS) is 20.6. The zero-order valence-electron chi connectivity index (χ0n) is 26.1. The van der Waals surface area contributed by atoms with Gasteiger partial charge in [-0.15, -0.1) is 0 Å². The van der Waals surface area contributed by atoms with Gasteiger partial charge in [0.2, 0.25) is 0 Å². The molecular formula is C39H37N5O. The number of hydrogen-bond donors (Lipinski definition) is 0. The first kappa shape index (κ1) is 26.6. The molecule has 6 nitrogen and oxygen atoms in total. The molecule has 3 saturated carbocycles. The Bertz CT molecular complexity index is 2100. The van der Waals surface area contributed by atoms with Crippen LogP contribution in [0.1, 0.15) is 52.0 Å². The quantitative estimate of drug-likeness (QED) is 0.200. The maximum atomic E-state index is 6.60. The summed E-state index contributed by atoms with van der Waals surface area (Å²) in [7, 11) is 0. The van der Waals surface area contributed by atoms with E-state index in [1.165, 1.54) is 47.7 Å². The number of rotatable bonds is 5. The van der Waals surface area contributed by atoms with Gasteiger partial charge in [-0.3, -0.25) is 4.57 Å². The lowest BCUT2D eigenvalue weighted by molar-refractivity contribution is 0.231. The minimum Gasteiger partial charge on any atom is -0.457 e. The third kappa shape index (κ3) is 4.15. The number of aromatic nitrogens is 3. The highest BCUT2D eigenvalue weighted by atomic mass is 16.5. The molecule has 45 heavy (non-hydrogen) atoms. The molecular weight excluding hydrogens is 554 g/mol. The Hall–Kier alpha value is -4.84. The Morgan fingerprint density at radius 3 is 2.47 bits per heavy atom. The summed E-state index contributed by atoms with van der Waals surface area (Å²) in [6.07, 6.45) is 9.08. The van der Waals surface area contributed by atoms with Crippen LogP contribution in [0.25, 0.3) is 27.6 Å². The summed E-state index contributed by atoms with van der Waals surface area (Å²) in [4.78, 5) is 14.7. The molecule has 0 amide bonds. The minimum atomic E-state index is 0.0236. The van der Waals surface area contributed by atoms with Crippen molar-refractivity contribution in [3.63, 3.8) is 0 Å². The second-order valence-corrected chi connectivity index (χ2v) is 14.2.